The van der Waals surface area contributed by atoms with Gasteiger partial charge in [-0.25, -0.2) is 9.59 Å². The number of carboxylic acid groups (broad SMARTS) is 1. The average Bonchev–Trinajstić information content (AvgIpc) is 2.48. The zero-order valence-corrected chi connectivity index (χ0v) is 6.91. The van der Waals surface area contributed by atoms with Gasteiger partial charge in [-0.3, -0.25) is 0 Å². The topological polar surface area (TPSA) is 89.8 Å². The fraction of sp³-hybridized carbons (Fsp3) is 0.571. The molecule has 3 N–H and O–H groups in total. The Labute approximate surface area is 73.2 Å². The summed E-state index contributed by atoms with van der Waals surface area (Å²) in [6.45, 7) is 0. The number of hydrogen-bond donors (Lipinski definition) is 3. The highest BCUT2D eigenvalue weighted by molar-refractivity contribution is 5.69. The molecule has 0 radical (unpaired) electrons. The number of carbonyl (C=O) groups is 1. The molecule has 1 aromatic heterocycles. The Hall–Kier alpha value is -1.59. The molecule has 0 aliphatic carbocycles. The standard InChI is InChI=1S/C7H9N3O3/c11-6-4-2-1-3-5(7(12)13)10(4)9-8-6/h5H,1-3H2,(H2,11,12,13)/p+1. The monoisotopic (exact) mass is 184 g/mol. The predicted octanol–water partition coefficient (Wildman–Crippen LogP) is -1.05. The SMILES string of the molecule is O=C(O)C1CCCc2c(=O)[nH][nH][n+]21. The van der Waals surface area contributed by atoms with Gasteiger partial charge in [0.2, 0.25) is 11.7 Å². The Bertz CT molecular complexity index is 392. The third-order valence-corrected chi connectivity index (χ3v) is 2.33. The number of carboxylic acids is 1. The first kappa shape index (κ1) is 8.03. The molecule has 70 valence electrons. The number of nitrogens with one attached hydrogen (secondary N) is 2. The van der Waals surface area contributed by atoms with Crippen LogP contribution in [0.25, 0.3) is 0 Å². The molecule has 6 heteroatoms. The minimum absolute atomic E-state index is 0.217. The summed E-state index contributed by atoms with van der Waals surface area (Å²) in [6, 6.07) is -0.623. The van der Waals surface area contributed by atoms with Crippen LogP contribution >= 0.6 is 0 Å². The highest BCUT2D eigenvalue weighted by atomic mass is 16.4. The Morgan fingerprint density at radius 1 is 1.62 bits per heavy atom. The lowest BCUT2D eigenvalue weighted by Gasteiger charge is -2.13. The predicted molar refractivity (Wildman–Crippen MR) is 41.2 cm³/mol. The zero-order chi connectivity index (χ0) is 9.42. The molecule has 0 bridgehead atoms. The van der Waals surface area contributed by atoms with Gasteiger partial charge in [0.05, 0.1) is 0 Å². The summed E-state index contributed by atoms with van der Waals surface area (Å²) in [5, 5.41) is 13.8. The van der Waals surface area contributed by atoms with Gasteiger partial charge >= 0.3 is 11.5 Å². The molecule has 0 aromatic carbocycles. The normalized spacial score (nSPS) is 21.1. The van der Waals surface area contributed by atoms with Gasteiger partial charge in [-0.1, -0.05) is 5.21 Å². The van der Waals surface area contributed by atoms with Crippen molar-refractivity contribution in [3.63, 3.8) is 0 Å². The van der Waals surface area contributed by atoms with Crippen molar-refractivity contribution in [2.45, 2.75) is 25.3 Å². The molecule has 0 saturated carbocycles. The van der Waals surface area contributed by atoms with E-state index in [1.54, 1.807) is 0 Å². The van der Waals surface area contributed by atoms with E-state index in [0.29, 0.717) is 18.5 Å². The molecule has 0 amide bonds. The molecule has 0 fully saturated rings. The molecule has 1 atom stereocenters. The van der Waals surface area contributed by atoms with E-state index in [-0.39, 0.29) is 5.56 Å². The van der Waals surface area contributed by atoms with Crippen LogP contribution in [-0.4, -0.2) is 21.4 Å². The number of fused-ring (bicyclic) bond motifs is 1. The maximum Gasteiger partial charge on any atom is 0.393 e. The molecule has 0 saturated heterocycles. The summed E-state index contributed by atoms with van der Waals surface area (Å²) in [7, 11) is 0. The van der Waals surface area contributed by atoms with E-state index in [1.807, 2.05) is 0 Å². The molecule has 1 aliphatic rings. The number of rotatable bonds is 1. The van der Waals surface area contributed by atoms with Crippen molar-refractivity contribution in [1.82, 2.24) is 10.3 Å². The second-order valence-corrected chi connectivity index (χ2v) is 3.13. The molecular formula is C7H10N3O3+. The minimum Gasteiger partial charge on any atom is -0.478 e. The van der Waals surface area contributed by atoms with Crippen LogP contribution in [0, 0.1) is 0 Å². The first-order valence-electron chi connectivity index (χ1n) is 4.14. The summed E-state index contributed by atoms with van der Waals surface area (Å²) in [6.07, 6.45) is 1.96. The van der Waals surface area contributed by atoms with Crippen LogP contribution in [0.5, 0.6) is 0 Å². The van der Waals surface area contributed by atoms with Gasteiger partial charge in [0, 0.05) is 12.8 Å². The third kappa shape index (κ3) is 1.14. The molecule has 6 nitrogen and oxygen atoms in total. The summed E-state index contributed by atoms with van der Waals surface area (Å²) >= 11 is 0. The largest absolute Gasteiger partial charge is 0.478 e. The molecule has 2 rings (SSSR count). The van der Waals surface area contributed by atoms with Gasteiger partial charge in [-0.15, -0.1) is 9.78 Å². The molecule has 1 unspecified atom stereocenters. The van der Waals surface area contributed by atoms with Crippen molar-refractivity contribution in [1.29, 1.82) is 0 Å². The van der Waals surface area contributed by atoms with Gasteiger partial charge in [-0.05, 0) is 6.42 Å². The van der Waals surface area contributed by atoms with Crippen LogP contribution in [0.2, 0.25) is 0 Å². The van der Waals surface area contributed by atoms with Gasteiger partial charge in [0.15, 0.2) is 0 Å². The molecule has 2 heterocycles. The van der Waals surface area contributed by atoms with Crippen molar-refractivity contribution < 1.29 is 14.6 Å². The van der Waals surface area contributed by atoms with Crippen LogP contribution in [0.15, 0.2) is 4.79 Å². The van der Waals surface area contributed by atoms with Crippen molar-refractivity contribution >= 4 is 5.97 Å². The summed E-state index contributed by atoms with van der Waals surface area (Å²) < 4.78 is 1.41. The fourth-order valence-corrected chi connectivity index (χ4v) is 1.69. The van der Waals surface area contributed by atoms with Crippen LogP contribution in [-0.2, 0) is 11.2 Å². The highest BCUT2D eigenvalue weighted by Gasteiger charge is 2.33. The van der Waals surface area contributed by atoms with E-state index in [0.717, 1.165) is 6.42 Å². The summed E-state index contributed by atoms with van der Waals surface area (Å²) in [5.41, 5.74) is 0.310. The lowest BCUT2D eigenvalue weighted by atomic mass is 10.0. The fourth-order valence-electron chi connectivity index (χ4n) is 1.69. The lowest BCUT2D eigenvalue weighted by molar-refractivity contribution is -0.776. The maximum atomic E-state index is 11.1. The van der Waals surface area contributed by atoms with Crippen molar-refractivity contribution in [2.24, 2.45) is 0 Å². The Kier molecular flexibility index (Phi) is 1.68. The first-order chi connectivity index (χ1) is 6.20. The van der Waals surface area contributed by atoms with E-state index in [4.69, 9.17) is 5.11 Å². The maximum absolute atomic E-state index is 11.1. The Morgan fingerprint density at radius 2 is 2.38 bits per heavy atom. The van der Waals surface area contributed by atoms with Gasteiger partial charge in [0.25, 0.3) is 0 Å². The summed E-state index contributed by atoms with van der Waals surface area (Å²) in [5.74, 6) is -0.902. The molecule has 1 aliphatic heterocycles. The minimum atomic E-state index is -0.902. The van der Waals surface area contributed by atoms with Crippen molar-refractivity contribution in [3.8, 4) is 0 Å². The number of hydrogen-bond acceptors (Lipinski definition) is 2. The second-order valence-electron chi connectivity index (χ2n) is 3.13. The van der Waals surface area contributed by atoms with Crippen LogP contribution in [0.4, 0.5) is 0 Å². The number of aliphatic carboxylic acids is 1. The number of H-pyrrole nitrogens is 2. The zero-order valence-electron chi connectivity index (χ0n) is 6.91. The lowest BCUT2D eigenvalue weighted by Crippen LogP contribution is -2.51. The second kappa shape index (κ2) is 2.72. The van der Waals surface area contributed by atoms with Crippen molar-refractivity contribution in [2.75, 3.05) is 0 Å². The molecular weight excluding hydrogens is 174 g/mol. The molecule has 1 aromatic rings. The Balaban J connectivity index is 2.49. The summed E-state index contributed by atoms with van der Waals surface area (Å²) in [4.78, 5) is 21.9. The van der Waals surface area contributed by atoms with Crippen LogP contribution in [0.3, 0.4) is 0 Å². The smallest absolute Gasteiger partial charge is 0.393 e. The van der Waals surface area contributed by atoms with Crippen LogP contribution in [0.1, 0.15) is 24.6 Å². The van der Waals surface area contributed by atoms with E-state index in [2.05, 4.69) is 10.3 Å². The average molecular weight is 184 g/mol. The number of aromatic amines is 2. The van der Waals surface area contributed by atoms with E-state index in [9.17, 15) is 9.59 Å². The molecule has 0 spiro atoms. The highest BCUT2D eigenvalue weighted by Crippen LogP contribution is 2.13. The van der Waals surface area contributed by atoms with Crippen LogP contribution < -0.4 is 10.2 Å². The number of aromatic nitrogens is 3. The quantitative estimate of drug-likeness (QED) is 0.486. The number of nitrogens with zero attached hydrogens (tertiary/aromatic N) is 1. The third-order valence-electron chi connectivity index (χ3n) is 2.33. The van der Waals surface area contributed by atoms with Gasteiger partial charge < -0.3 is 5.11 Å². The van der Waals surface area contributed by atoms with Gasteiger partial charge in [-0.2, -0.15) is 0 Å². The van der Waals surface area contributed by atoms with E-state index >= 15 is 0 Å². The first-order valence-corrected chi connectivity index (χ1v) is 4.14. The van der Waals surface area contributed by atoms with Gasteiger partial charge in [0.1, 0.15) is 0 Å². The van der Waals surface area contributed by atoms with Crippen molar-refractivity contribution in [3.05, 3.63) is 16.0 Å². The van der Waals surface area contributed by atoms with E-state index < -0.39 is 12.0 Å². The van der Waals surface area contributed by atoms with E-state index in [1.165, 1.54) is 4.68 Å². The molecule has 13 heavy (non-hydrogen) atoms. The Morgan fingerprint density at radius 3 is 3.08 bits per heavy atom.